The summed E-state index contributed by atoms with van der Waals surface area (Å²) in [5.41, 5.74) is 1.15. The van der Waals surface area contributed by atoms with Gasteiger partial charge in [0.05, 0.1) is 6.54 Å². The van der Waals surface area contributed by atoms with Gasteiger partial charge in [-0.15, -0.1) is 34.2 Å². The SMILES string of the molecule is CN=C(NCc1nncn1-c1ccccc1)NCC(C)(C)N1CCCCC1.I. The molecule has 28 heavy (non-hydrogen) atoms. The lowest BCUT2D eigenvalue weighted by atomic mass is 9.98. The fourth-order valence-electron chi connectivity index (χ4n) is 3.48. The number of guanidine groups is 1. The normalized spacial score (nSPS) is 15.8. The van der Waals surface area contributed by atoms with E-state index in [0.717, 1.165) is 24.0 Å². The number of piperidine rings is 1. The Hall–Kier alpha value is -1.68. The van der Waals surface area contributed by atoms with Gasteiger partial charge in [-0.2, -0.15) is 0 Å². The highest BCUT2D eigenvalue weighted by atomic mass is 127. The molecule has 154 valence electrons. The third-order valence-corrected chi connectivity index (χ3v) is 5.19. The van der Waals surface area contributed by atoms with Gasteiger partial charge in [-0.05, 0) is 51.9 Å². The molecule has 0 unspecified atom stereocenters. The number of likely N-dealkylation sites (tertiary alicyclic amines) is 1. The Balaban J connectivity index is 0.00000280. The molecule has 3 rings (SSSR count). The minimum absolute atomic E-state index is 0. The summed E-state index contributed by atoms with van der Waals surface area (Å²) in [6, 6.07) is 10.1. The van der Waals surface area contributed by atoms with E-state index in [-0.39, 0.29) is 29.5 Å². The van der Waals surface area contributed by atoms with E-state index < -0.39 is 0 Å². The Morgan fingerprint density at radius 2 is 1.82 bits per heavy atom. The van der Waals surface area contributed by atoms with E-state index in [2.05, 4.69) is 44.6 Å². The zero-order valence-electron chi connectivity index (χ0n) is 17.1. The van der Waals surface area contributed by atoms with Crippen LogP contribution in [0.1, 0.15) is 38.9 Å². The van der Waals surface area contributed by atoms with Gasteiger partial charge in [-0.25, -0.2) is 0 Å². The maximum absolute atomic E-state index is 4.36. The molecule has 0 atom stereocenters. The number of hydrogen-bond donors (Lipinski definition) is 2. The minimum Gasteiger partial charge on any atom is -0.355 e. The van der Waals surface area contributed by atoms with E-state index in [1.54, 1.807) is 13.4 Å². The fourth-order valence-corrected chi connectivity index (χ4v) is 3.48. The van der Waals surface area contributed by atoms with Gasteiger partial charge in [0.15, 0.2) is 11.8 Å². The molecular weight excluding hydrogens is 465 g/mol. The molecule has 1 aliphatic rings. The molecule has 0 amide bonds. The van der Waals surface area contributed by atoms with Crippen LogP contribution < -0.4 is 10.6 Å². The zero-order valence-corrected chi connectivity index (χ0v) is 19.4. The van der Waals surface area contributed by atoms with Gasteiger partial charge >= 0.3 is 0 Å². The Morgan fingerprint density at radius 1 is 1.11 bits per heavy atom. The van der Waals surface area contributed by atoms with E-state index in [0.29, 0.717) is 6.54 Å². The number of benzene rings is 1. The summed E-state index contributed by atoms with van der Waals surface area (Å²) in [6.45, 7) is 8.35. The summed E-state index contributed by atoms with van der Waals surface area (Å²) >= 11 is 0. The first-order chi connectivity index (χ1) is 13.1. The largest absolute Gasteiger partial charge is 0.355 e. The third-order valence-electron chi connectivity index (χ3n) is 5.19. The average molecular weight is 497 g/mol. The van der Waals surface area contributed by atoms with Crippen molar-refractivity contribution in [2.45, 2.75) is 45.2 Å². The van der Waals surface area contributed by atoms with Crippen LogP contribution in [-0.4, -0.2) is 57.8 Å². The number of rotatable bonds is 6. The van der Waals surface area contributed by atoms with Gasteiger partial charge in [0.1, 0.15) is 6.33 Å². The molecule has 0 radical (unpaired) electrons. The number of aliphatic imine (C=N–C) groups is 1. The van der Waals surface area contributed by atoms with E-state index >= 15 is 0 Å². The molecule has 2 N–H and O–H groups in total. The lowest BCUT2D eigenvalue weighted by molar-refractivity contribution is 0.0982. The van der Waals surface area contributed by atoms with E-state index in [4.69, 9.17) is 0 Å². The molecule has 0 saturated carbocycles. The van der Waals surface area contributed by atoms with Crippen molar-refractivity contribution in [1.29, 1.82) is 0 Å². The first-order valence-electron chi connectivity index (χ1n) is 9.74. The zero-order chi connectivity index (χ0) is 19.1. The summed E-state index contributed by atoms with van der Waals surface area (Å²) in [5, 5.41) is 15.1. The monoisotopic (exact) mass is 497 g/mol. The molecule has 0 aliphatic carbocycles. The summed E-state index contributed by atoms with van der Waals surface area (Å²) in [6.07, 6.45) is 5.68. The second kappa shape index (κ2) is 10.8. The lowest BCUT2D eigenvalue weighted by Gasteiger charge is -2.41. The first kappa shape index (κ1) is 22.6. The van der Waals surface area contributed by atoms with Crippen molar-refractivity contribution in [3.8, 4) is 5.69 Å². The van der Waals surface area contributed by atoms with Crippen molar-refractivity contribution in [3.05, 3.63) is 42.5 Å². The number of aromatic nitrogens is 3. The topological polar surface area (TPSA) is 70.4 Å². The Bertz CT molecular complexity index is 736. The van der Waals surface area contributed by atoms with Crippen LogP contribution >= 0.6 is 24.0 Å². The summed E-state index contributed by atoms with van der Waals surface area (Å²) < 4.78 is 1.98. The minimum atomic E-state index is 0. The number of halogens is 1. The third kappa shape index (κ3) is 5.91. The number of para-hydroxylation sites is 1. The van der Waals surface area contributed by atoms with Crippen molar-refractivity contribution in [2.75, 3.05) is 26.7 Å². The molecule has 1 fully saturated rings. The fraction of sp³-hybridized carbons (Fsp3) is 0.550. The molecule has 0 spiro atoms. The van der Waals surface area contributed by atoms with Crippen molar-refractivity contribution < 1.29 is 0 Å². The van der Waals surface area contributed by atoms with Gasteiger partial charge < -0.3 is 10.6 Å². The molecule has 1 saturated heterocycles. The van der Waals surface area contributed by atoms with Gasteiger partial charge in [0, 0.05) is 24.8 Å². The standard InChI is InChI=1S/C20H31N7.HI/c1-20(2,26-12-8-5-9-13-26)15-23-19(21-3)22-14-18-25-24-16-27(18)17-10-6-4-7-11-17;/h4,6-7,10-11,16H,5,8-9,12-15H2,1-3H3,(H2,21,22,23);1H. The van der Waals surface area contributed by atoms with Gasteiger partial charge in [-0.3, -0.25) is 14.5 Å². The second-order valence-electron chi connectivity index (χ2n) is 7.59. The smallest absolute Gasteiger partial charge is 0.191 e. The van der Waals surface area contributed by atoms with E-state index in [1.165, 1.54) is 32.4 Å². The quantitative estimate of drug-likeness (QED) is 0.365. The molecule has 7 nitrogen and oxygen atoms in total. The maximum atomic E-state index is 4.36. The number of hydrogen-bond acceptors (Lipinski definition) is 4. The van der Waals surface area contributed by atoms with E-state index in [9.17, 15) is 0 Å². The van der Waals surface area contributed by atoms with Gasteiger partial charge in [0.25, 0.3) is 0 Å². The van der Waals surface area contributed by atoms with E-state index in [1.807, 2.05) is 34.9 Å². The predicted octanol–water partition coefficient (Wildman–Crippen LogP) is 2.81. The predicted molar refractivity (Wildman–Crippen MR) is 124 cm³/mol. The molecule has 2 aromatic rings. The van der Waals surface area contributed by atoms with Crippen LogP contribution in [0.15, 0.2) is 41.7 Å². The average Bonchev–Trinajstić information content (AvgIpc) is 3.18. The highest BCUT2D eigenvalue weighted by Crippen LogP contribution is 2.19. The second-order valence-corrected chi connectivity index (χ2v) is 7.59. The van der Waals surface area contributed by atoms with Gasteiger partial charge in [-0.1, -0.05) is 24.6 Å². The Labute approximate surface area is 185 Å². The van der Waals surface area contributed by atoms with Crippen molar-refractivity contribution in [3.63, 3.8) is 0 Å². The molecule has 1 aromatic carbocycles. The molecule has 0 bridgehead atoms. The summed E-state index contributed by atoms with van der Waals surface area (Å²) in [5.74, 6) is 1.63. The van der Waals surface area contributed by atoms with Crippen LogP contribution in [0.4, 0.5) is 0 Å². The molecule has 1 aromatic heterocycles. The van der Waals surface area contributed by atoms with Crippen LogP contribution in [-0.2, 0) is 6.54 Å². The Kier molecular flexibility index (Phi) is 8.68. The number of nitrogens with one attached hydrogen (secondary N) is 2. The molecule has 2 heterocycles. The molecular formula is C20H32IN7. The van der Waals surface area contributed by atoms with Crippen LogP contribution in [0, 0.1) is 0 Å². The highest BCUT2D eigenvalue weighted by Gasteiger charge is 2.27. The van der Waals surface area contributed by atoms with Crippen molar-refractivity contribution in [1.82, 2.24) is 30.3 Å². The highest BCUT2D eigenvalue weighted by molar-refractivity contribution is 14.0. The Morgan fingerprint density at radius 3 is 2.50 bits per heavy atom. The first-order valence-corrected chi connectivity index (χ1v) is 9.74. The van der Waals surface area contributed by atoms with Gasteiger partial charge in [0.2, 0.25) is 0 Å². The van der Waals surface area contributed by atoms with Crippen LogP contribution in [0.3, 0.4) is 0 Å². The number of nitrogens with zero attached hydrogens (tertiary/aromatic N) is 5. The maximum Gasteiger partial charge on any atom is 0.191 e. The molecule has 1 aliphatic heterocycles. The van der Waals surface area contributed by atoms with Crippen molar-refractivity contribution >= 4 is 29.9 Å². The summed E-state index contributed by atoms with van der Waals surface area (Å²) in [4.78, 5) is 6.93. The summed E-state index contributed by atoms with van der Waals surface area (Å²) in [7, 11) is 1.80. The lowest BCUT2D eigenvalue weighted by Crippen LogP contribution is -2.54. The van der Waals surface area contributed by atoms with Crippen LogP contribution in [0.2, 0.25) is 0 Å². The van der Waals surface area contributed by atoms with Crippen LogP contribution in [0.5, 0.6) is 0 Å². The van der Waals surface area contributed by atoms with Crippen molar-refractivity contribution in [2.24, 2.45) is 4.99 Å². The molecule has 8 heteroatoms. The van der Waals surface area contributed by atoms with Crippen LogP contribution in [0.25, 0.3) is 5.69 Å².